The Bertz CT molecular complexity index is 929. The molecule has 184 valence electrons. The molecular weight excluding hydrogens is 443 g/mol. The van der Waals surface area contributed by atoms with Crippen LogP contribution in [0, 0.1) is 5.82 Å². The van der Waals surface area contributed by atoms with Crippen LogP contribution in [0.1, 0.15) is 37.8 Å². The van der Waals surface area contributed by atoms with Gasteiger partial charge in [-0.05, 0) is 75.2 Å². The van der Waals surface area contributed by atoms with Gasteiger partial charge in [0.15, 0.2) is 0 Å². The molecule has 0 radical (unpaired) electrons. The van der Waals surface area contributed by atoms with Gasteiger partial charge in [-0.15, -0.1) is 0 Å². The van der Waals surface area contributed by atoms with Crippen molar-refractivity contribution >= 4 is 17.8 Å². The summed E-state index contributed by atoms with van der Waals surface area (Å²) in [5, 5.41) is 18.1. The summed E-state index contributed by atoms with van der Waals surface area (Å²) in [7, 11) is 0. The normalized spacial score (nSPS) is 13.5. The van der Waals surface area contributed by atoms with E-state index < -0.39 is 11.9 Å². The van der Waals surface area contributed by atoms with Crippen molar-refractivity contribution in [1.29, 1.82) is 0 Å². The Kier molecular flexibility index (Phi) is 10.5. The molecule has 34 heavy (non-hydrogen) atoms. The highest BCUT2D eigenvalue weighted by Crippen LogP contribution is 2.19. The number of halogens is 1. The average Bonchev–Trinajstić information content (AvgIpc) is 2.80. The fourth-order valence-electron chi connectivity index (χ4n) is 3.56. The van der Waals surface area contributed by atoms with Crippen LogP contribution < -0.4 is 10.1 Å². The highest BCUT2D eigenvalue weighted by atomic mass is 19.1. The molecule has 0 unspecified atom stereocenters. The summed E-state index contributed by atoms with van der Waals surface area (Å²) in [5.41, 5.74) is 1.92. The van der Waals surface area contributed by atoms with E-state index in [2.05, 4.69) is 5.32 Å². The van der Waals surface area contributed by atoms with Gasteiger partial charge in [0.25, 0.3) is 0 Å². The number of piperidine rings is 1. The lowest BCUT2D eigenvalue weighted by Gasteiger charge is -2.35. The van der Waals surface area contributed by atoms with E-state index in [-0.39, 0.29) is 23.9 Å². The lowest BCUT2D eigenvalue weighted by Crippen LogP contribution is -2.46. The Morgan fingerprint density at radius 3 is 2.00 bits per heavy atom. The lowest BCUT2D eigenvalue weighted by molar-refractivity contribution is -0.159. The summed E-state index contributed by atoms with van der Waals surface area (Å²) >= 11 is 0. The molecule has 3 N–H and O–H groups in total. The number of carboxylic acid groups (broad SMARTS) is 2. The van der Waals surface area contributed by atoms with Crippen LogP contribution in [0.15, 0.2) is 48.5 Å². The largest absolute Gasteiger partial charge is 0.491 e. The highest BCUT2D eigenvalue weighted by Gasteiger charge is 2.25. The predicted molar refractivity (Wildman–Crippen MR) is 124 cm³/mol. The van der Waals surface area contributed by atoms with Crippen molar-refractivity contribution in [2.24, 2.45) is 0 Å². The van der Waals surface area contributed by atoms with Gasteiger partial charge < -0.3 is 25.2 Å². The minimum absolute atomic E-state index is 0.105. The van der Waals surface area contributed by atoms with Crippen molar-refractivity contribution in [3.05, 3.63) is 65.5 Å². The SMILES string of the molecule is CC(C)Oc1ccc(CC(=O)N(Cc2ccc(F)cc2)C2CCNCC2)cc1.O=C(O)C(=O)O. The van der Waals surface area contributed by atoms with Gasteiger partial charge in [-0.3, -0.25) is 4.79 Å². The van der Waals surface area contributed by atoms with Gasteiger partial charge >= 0.3 is 11.9 Å². The zero-order valence-corrected chi connectivity index (χ0v) is 19.4. The number of rotatable bonds is 7. The van der Waals surface area contributed by atoms with Crippen molar-refractivity contribution in [2.45, 2.75) is 51.8 Å². The number of ether oxygens (including phenoxy) is 1. The second kappa shape index (κ2) is 13.3. The Hall–Kier alpha value is -3.46. The molecule has 0 spiro atoms. The smallest absolute Gasteiger partial charge is 0.414 e. The van der Waals surface area contributed by atoms with E-state index in [9.17, 15) is 9.18 Å². The van der Waals surface area contributed by atoms with Crippen LogP contribution >= 0.6 is 0 Å². The minimum atomic E-state index is -1.82. The van der Waals surface area contributed by atoms with E-state index in [0.29, 0.717) is 13.0 Å². The molecule has 1 heterocycles. The summed E-state index contributed by atoms with van der Waals surface area (Å²) in [4.78, 5) is 33.3. The van der Waals surface area contributed by atoms with Gasteiger partial charge in [0.1, 0.15) is 11.6 Å². The van der Waals surface area contributed by atoms with Crippen LogP contribution in [0.25, 0.3) is 0 Å². The standard InChI is InChI=1S/C23H29FN2O2.C2H2O4/c1-17(2)28-22-9-5-18(6-10-22)15-23(27)26(21-11-13-25-14-12-21)16-19-3-7-20(24)8-4-19;3-1(4)2(5)6/h3-10,17,21,25H,11-16H2,1-2H3;(H,3,4)(H,5,6). The molecule has 3 rings (SSSR count). The summed E-state index contributed by atoms with van der Waals surface area (Å²) < 4.78 is 18.9. The quantitative estimate of drug-likeness (QED) is 0.528. The summed E-state index contributed by atoms with van der Waals surface area (Å²) in [6.07, 6.45) is 2.36. The maximum atomic E-state index is 13.2. The molecule has 9 heteroatoms. The van der Waals surface area contributed by atoms with Gasteiger partial charge in [0, 0.05) is 12.6 Å². The van der Waals surface area contributed by atoms with E-state index in [1.165, 1.54) is 12.1 Å². The Labute approximate surface area is 198 Å². The predicted octanol–water partition coefficient (Wildman–Crippen LogP) is 3.09. The maximum absolute atomic E-state index is 13.2. The van der Waals surface area contributed by atoms with E-state index in [1.54, 1.807) is 12.1 Å². The van der Waals surface area contributed by atoms with Crippen molar-refractivity contribution in [3.8, 4) is 5.75 Å². The first-order valence-electron chi connectivity index (χ1n) is 11.1. The first-order chi connectivity index (χ1) is 16.2. The molecule has 2 aromatic rings. The molecule has 0 bridgehead atoms. The van der Waals surface area contributed by atoms with Crippen molar-refractivity contribution < 1.29 is 33.7 Å². The number of nitrogens with zero attached hydrogens (tertiary/aromatic N) is 1. The van der Waals surface area contributed by atoms with Crippen LogP contribution in [0.3, 0.4) is 0 Å². The number of nitrogens with one attached hydrogen (secondary N) is 1. The van der Waals surface area contributed by atoms with E-state index in [4.69, 9.17) is 24.5 Å². The molecule has 1 amide bonds. The Morgan fingerprint density at radius 1 is 0.971 bits per heavy atom. The molecule has 1 saturated heterocycles. The Morgan fingerprint density at radius 2 is 1.50 bits per heavy atom. The second-order valence-corrected chi connectivity index (χ2v) is 8.23. The Balaban J connectivity index is 0.000000604. The second-order valence-electron chi connectivity index (χ2n) is 8.23. The molecule has 0 saturated carbocycles. The molecule has 1 fully saturated rings. The molecule has 2 aromatic carbocycles. The van der Waals surface area contributed by atoms with Gasteiger partial charge in [-0.1, -0.05) is 24.3 Å². The summed E-state index contributed by atoms with van der Waals surface area (Å²) in [6, 6.07) is 14.4. The van der Waals surface area contributed by atoms with Crippen LogP contribution in [0.2, 0.25) is 0 Å². The zero-order chi connectivity index (χ0) is 25.1. The number of amides is 1. The zero-order valence-electron chi connectivity index (χ0n) is 19.4. The fraction of sp³-hybridized carbons (Fsp3) is 0.400. The third kappa shape index (κ3) is 9.19. The van der Waals surface area contributed by atoms with Gasteiger partial charge in [0.2, 0.25) is 5.91 Å². The first-order valence-corrected chi connectivity index (χ1v) is 11.1. The highest BCUT2D eigenvalue weighted by molar-refractivity contribution is 6.27. The van der Waals surface area contributed by atoms with E-state index >= 15 is 0 Å². The number of hydrogen-bond acceptors (Lipinski definition) is 5. The van der Waals surface area contributed by atoms with Crippen LogP contribution in [0.4, 0.5) is 4.39 Å². The maximum Gasteiger partial charge on any atom is 0.414 e. The molecule has 1 aliphatic rings. The van der Waals surface area contributed by atoms with E-state index in [1.807, 2.05) is 43.0 Å². The lowest BCUT2D eigenvalue weighted by atomic mass is 10.0. The summed E-state index contributed by atoms with van der Waals surface area (Å²) in [6.45, 7) is 6.32. The van der Waals surface area contributed by atoms with Gasteiger partial charge in [0.05, 0.1) is 12.5 Å². The van der Waals surface area contributed by atoms with Crippen molar-refractivity contribution in [3.63, 3.8) is 0 Å². The third-order valence-electron chi connectivity index (χ3n) is 5.17. The molecule has 8 nitrogen and oxygen atoms in total. The van der Waals surface area contributed by atoms with Crippen molar-refractivity contribution in [2.75, 3.05) is 13.1 Å². The van der Waals surface area contributed by atoms with Gasteiger partial charge in [-0.2, -0.15) is 0 Å². The molecule has 1 aliphatic heterocycles. The number of carbonyl (C=O) groups excluding carboxylic acids is 1. The van der Waals surface area contributed by atoms with Gasteiger partial charge in [-0.25, -0.2) is 14.0 Å². The topological polar surface area (TPSA) is 116 Å². The third-order valence-corrected chi connectivity index (χ3v) is 5.17. The van der Waals surface area contributed by atoms with Crippen LogP contribution in [-0.4, -0.2) is 58.2 Å². The molecule has 0 aromatic heterocycles. The first kappa shape index (κ1) is 26.8. The number of hydrogen-bond donors (Lipinski definition) is 3. The number of aliphatic carboxylic acids is 2. The number of carboxylic acids is 2. The fourth-order valence-corrected chi connectivity index (χ4v) is 3.56. The van der Waals surface area contributed by atoms with E-state index in [0.717, 1.165) is 42.8 Å². The number of benzene rings is 2. The molecule has 0 atom stereocenters. The van der Waals surface area contributed by atoms with Crippen molar-refractivity contribution in [1.82, 2.24) is 10.2 Å². The molecule has 0 aliphatic carbocycles. The van der Waals surface area contributed by atoms with Crippen LogP contribution in [0.5, 0.6) is 5.75 Å². The van der Waals surface area contributed by atoms with Crippen LogP contribution in [-0.2, 0) is 27.3 Å². The number of carbonyl (C=O) groups is 3. The molecular formula is C25H31FN2O6. The summed E-state index contributed by atoms with van der Waals surface area (Å²) in [5.74, 6) is -2.99. The minimum Gasteiger partial charge on any atom is -0.491 e. The average molecular weight is 475 g/mol. The monoisotopic (exact) mass is 474 g/mol.